The lowest BCUT2D eigenvalue weighted by Gasteiger charge is -2.36. The van der Waals surface area contributed by atoms with Crippen LogP contribution in [-0.4, -0.2) is 39.4 Å². The summed E-state index contributed by atoms with van der Waals surface area (Å²) in [6.07, 6.45) is -7.86. The van der Waals surface area contributed by atoms with Gasteiger partial charge in [-0.15, -0.1) is 0 Å². The normalized spacial score (nSPS) is 32.6. The molecular weight excluding hydrogens is 372 g/mol. The first-order chi connectivity index (χ1) is 17.1. The van der Waals surface area contributed by atoms with Crippen molar-refractivity contribution >= 4 is 17.5 Å². The molecule has 2 aromatic rings. The Morgan fingerprint density at radius 1 is 1.44 bits per heavy atom. The van der Waals surface area contributed by atoms with E-state index in [0.29, 0.717) is 0 Å². The number of likely N-dealkylation sites (tertiary alicyclic amines) is 1. The summed E-state index contributed by atoms with van der Waals surface area (Å²) in [6.45, 7) is -9.46. The molecule has 1 aliphatic heterocycles. The average molecular weight is 405 g/mol. The van der Waals surface area contributed by atoms with E-state index in [1.54, 1.807) is 0 Å². The van der Waals surface area contributed by atoms with Gasteiger partial charge in [0.15, 0.2) is 0 Å². The van der Waals surface area contributed by atoms with Crippen molar-refractivity contribution in [2.75, 3.05) is 13.0 Å². The smallest absolute Gasteiger partial charge is 0.253 e. The number of carbonyl (C=O) groups is 1. The van der Waals surface area contributed by atoms with Crippen LogP contribution in [0.1, 0.15) is 62.4 Å². The Bertz CT molecular complexity index is 1230. The fourth-order valence-corrected chi connectivity index (χ4v) is 2.44. The highest BCUT2D eigenvalue weighted by Crippen LogP contribution is 2.32. The van der Waals surface area contributed by atoms with Crippen LogP contribution in [-0.2, 0) is 6.42 Å². The van der Waals surface area contributed by atoms with Crippen molar-refractivity contribution in [3.05, 3.63) is 58.4 Å². The first-order valence-corrected chi connectivity index (χ1v) is 8.26. The standard InChI is InChI=1S/C20H22ClF2N3O/c1-14-12-24-18(25-13-14)3-2-6-20(23)7-9-26(10-8-20)19(27)15-4-5-17(22)16(21)11-15/h4-5,11-13H,2-3,6-10H2,1H3/i1D3,6D2,7D2,9D2,10D2. The maximum Gasteiger partial charge on any atom is 0.253 e. The van der Waals surface area contributed by atoms with Crippen LogP contribution in [0.25, 0.3) is 0 Å². The van der Waals surface area contributed by atoms with E-state index in [0.717, 1.165) is 30.6 Å². The Balaban J connectivity index is 1.95. The predicted molar refractivity (Wildman–Crippen MR) is 100 cm³/mol. The van der Waals surface area contributed by atoms with Gasteiger partial charge in [-0.1, -0.05) is 11.6 Å². The molecule has 144 valence electrons. The first kappa shape index (κ1) is 9.92. The van der Waals surface area contributed by atoms with E-state index in [-0.39, 0.29) is 16.3 Å². The van der Waals surface area contributed by atoms with Crippen molar-refractivity contribution < 1.29 is 28.7 Å². The molecule has 0 aliphatic carbocycles. The highest BCUT2D eigenvalue weighted by molar-refractivity contribution is 6.31. The number of aromatic nitrogens is 2. The molecule has 1 amide bonds. The zero-order valence-electron chi connectivity index (χ0n) is 24.9. The summed E-state index contributed by atoms with van der Waals surface area (Å²) in [5, 5.41) is -0.540. The number of benzene rings is 1. The van der Waals surface area contributed by atoms with Gasteiger partial charge in [-0.3, -0.25) is 4.79 Å². The molecule has 4 nitrogen and oxygen atoms in total. The number of rotatable bonds is 5. The first-order valence-electron chi connectivity index (χ1n) is 13.4. The molecule has 1 atom stereocenters. The number of nitrogens with zero attached hydrogens (tertiary/aromatic N) is 3. The Morgan fingerprint density at radius 3 is 2.93 bits per heavy atom. The Labute approximate surface area is 178 Å². The summed E-state index contributed by atoms with van der Waals surface area (Å²) in [7, 11) is 0. The third kappa shape index (κ3) is 5.01. The van der Waals surface area contributed by atoms with E-state index in [1.165, 1.54) is 0 Å². The van der Waals surface area contributed by atoms with Crippen LogP contribution in [0, 0.1) is 12.7 Å². The Morgan fingerprint density at radius 2 is 2.22 bits per heavy atom. The molecule has 1 unspecified atom stereocenters. The summed E-state index contributed by atoms with van der Waals surface area (Å²) >= 11 is 5.66. The molecule has 7 heteroatoms. The van der Waals surface area contributed by atoms with Crippen LogP contribution >= 0.6 is 11.6 Å². The number of amides is 1. The highest BCUT2D eigenvalue weighted by Gasteiger charge is 2.35. The van der Waals surface area contributed by atoms with Gasteiger partial charge in [0.25, 0.3) is 5.91 Å². The van der Waals surface area contributed by atoms with E-state index in [2.05, 4.69) is 9.97 Å². The van der Waals surface area contributed by atoms with E-state index < -0.39 is 79.8 Å². The number of halogens is 3. The largest absolute Gasteiger partial charge is 0.338 e. The van der Waals surface area contributed by atoms with Crippen LogP contribution in [0.2, 0.25) is 5.02 Å². The third-order valence-electron chi connectivity index (χ3n) is 3.68. The second-order valence-electron chi connectivity index (χ2n) is 5.71. The predicted octanol–water partition coefficient (Wildman–Crippen LogP) is 4.54. The molecule has 1 saturated heterocycles. The second-order valence-corrected chi connectivity index (χ2v) is 6.11. The third-order valence-corrected chi connectivity index (χ3v) is 3.97. The summed E-state index contributed by atoms with van der Waals surface area (Å²) in [5.74, 6) is -2.47. The SMILES string of the molecule is [2H]C([2H])([2H])c1cnc(CCC([2H])([2H])C2(F)CC([2H])([2H])N(C(=O)c3ccc(F)c(Cl)c3)C([2H])([2H])C2([2H])[2H])nc1. The zero-order valence-corrected chi connectivity index (χ0v) is 14.6. The van der Waals surface area contributed by atoms with Crippen molar-refractivity contribution in [2.45, 2.75) is 44.5 Å². The fourth-order valence-electron chi connectivity index (χ4n) is 2.26. The molecule has 3 rings (SSSR count). The molecule has 27 heavy (non-hydrogen) atoms. The molecule has 0 bridgehead atoms. The quantitative estimate of drug-likeness (QED) is 0.734. The van der Waals surface area contributed by atoms with Crippen LogP contribution in [0.3, 0.4) is 0 Å². The molecule has 2 heterocycles. The molecule has 1 aromatic heterocycles. The zero-order chi connectivity index (χ0) is 29.1. The van der Waals surface area contributed by atoms with Gasteiger partial charge in [-0.05, 0) is 56.2 Å². The topological polar surface area (TPSA) is 46.1 Å². The number of piperidine rings is 1. The van der Waals surface area contributed by atoms with Crippen LogP contribution < -0.4 is 0 Å². The van der Waals surface area contributed by atoms with Gasteiger partial charge in [0.05, 0.1) is 5.02 Å². The van der Waals surface area contributed by atoms with Crippen molar-refractivity contribution in [2.24, 2.45) is 0 Å². The van der Waals surface area contributed by atoms with E-state index in [4.69, 9.17) is 26.7 Å². The number of hydrogen-bond donors (Lipinski definition) is 0. The molecular formula is C20H22ClF2N3O. The Hall–Kier alpha value is -2.08. The lowest BCUT2D eigenvalue weighted by Crippen LogP contribution is -2.44. The number of aryl methyl sites for hydroxylation is 2. The lowest BCUT2D eigenvalue weighted by molar-refractivity contribution is 0.0389. The van der Waals surface area contributed by atoms with Gasteiger partial charge in [-0.25, -0.2) is 18.7 Å². The van der Waals surface area contributed by atoms with E-state index >= 15 is 4.39 Å². The molecule has 1 aliphatic rings. The maximum atomic E-state index is 16.4. The number of carbonyl (C=O) groups excluding carboxylic acids is 1. The maximum absolute atomic E-state index is 16.4. The van der Waals surface area contributed by atoms with Gasteiger partial charge in [0.1, 0.15) is 17.3 Å². The minimum absolute atomic E-state index is 0.0992. The average Bonchev–Trinajstić information content (AvgIpc) is 2.77. The minimum atomic E-state index is -3.80. The Kier molecular flexibility index (Phi) is 3.05. The highest BCUT2D eigenvalue weighted by atomic mass is 35.5. The molecule has 1 aromatic carbocycles. The van der Waals surface area contributed by atoms with Crippen LogP contribution in [0.4, 0.5) is 8.78 Å². The number of hydrogen-bond acceptors (Lipinski definition) is 3. The van der Waals surface area contributed by atoms with Gasteiger partial charge in [0, 0.05) is 52.5 Å². The molecule has 0 spiro atoms. The van der Waals surface area contributed by atoms with Crippen molar-refractivity contribution in [1.82, 2.24) is 14.9 Å². The summed E-state index contributed by atoms with van der Waals surface area (Å²) < 4.78 is 118. The minimum Gasteiger partial charge on any atom is -0.338 e. The number of alkyl halides is 1. The molecule has 0 radical (unpaired) electrons. The molecule has 0 saturated carbocycles. The van der Waals surface area contributed by atoms with Crippen LogP contribution in [0.15, 0.2) is 30.6 Å². The summed E-state index contributed by atoms with van der Waals surface area (Å²) in [6, 6.07) is 2.43. The molecule has 0 N–H and O–H groups in total. The lowest BCUT2D eigenvalue weighted by atomic mass is 9.88. The summed E-state index contributed by atoms with van der Waals surface area (Å²) in [4.78, 5) is 20.5. The van der Waals surface area contributed by atoms with E-state index in [1.807, 2.05) is 0 Å². The van der Waals surface area contributed by atoms with E-state index in [9.17, 15) is 9.18 Å². The van der Waals surface area contributed by atoms with Gasteiger partial charge >= 0.3 is 0 Å². The van der Waals surface area contributed by atoms with Crippen molar-refractivity contribution in [3.63, 3.8) is 0 Å². The fraction of sp³-hybridized carbons (Fsp3) is 0.450. The van der Waals surface area contributed by atoms with Gasteiger partial charge < -0.3 is 4.90 Å². The van der Waals surface area contributed by atoms with Crippen molar-refractivity contribution in [1.29, 1.82) is 0 Å². The monoisotopic (exact) mass is 404 g/mol. The van der Waals surface area contributed by atoms with Gasteiger partial charge in [-0.2, -0.15) is 0 Å². The van der Waals surface area contributed by atoms with Crippen molar-refractivity contribution in [3.8, 4) is 0 Å². The van der Waals surface area contributed by atoms with Gasteiger partial charge in [0.2, 0.25) is 0 Å². The van der Waals surface area contributed by atoms with Crippen LogP contribution in [0.5, 0.6) is 0 Å². The molecule has 1 fully saturated rings. The summed E-state index contributed by atoms with van der Waals surface area (Å²) in [5.41, 5.74) is -4.49. The second kappa shape index (κ2) is 8.30.